The van der Waals surface area contributed by atoms with Gasteiger partial charge in [-0.05, 0) is 30.5 Å². The van der Waals surface area contributed by atoms with Crippen molar-refractivity contribution >= 4 is 11.9 Å². The minimum Gasteiger partial charge on any atom is -0.366 e. The standard InChI is InChI=1S/C17H28N4O/c1-4-13(5-2)11-20-17(19-6-3)21-12-14-8-7-9-15(10-14)16(18)22/h7-10,13H,4-6,11-12H2,1-3H3,(H2,18,22)(H2,19,20,21). The van der Waals surface area contributed by atoms with Crippen LogP contribution in [0.3, 0.4) is 0 Å². The second-order valence-electron chi connectivity index (χ2n) is 5.32. The summed E-state index contributed by atoms with van der Waals surface area (Å²) in [5.41, 5.74) is 6.78. The number of primary amides is 1. The molecule has 0 fully saturated rings. The quantitative estimate of drug-likeness (QED) is 0.509. The number of carbonyl (C=O) groups excluding carboxylic acids is 1. The summed E-state index contributed by atoms with van der Waals surface area (Å²) in [6.45, 7) is 8.70. The van der Waals surface area contributed by atoms with E-state index < -0.39 is 5.91 Å². The van der Waals surface area contributed by atoms with Gasteiger partial charge in [-0.15, -0.1) is 0 Å². The first-order chi connectivity index (χ1) is 10.6. The zero-order valence-corrected chi connectivity index (χ0v) is 13.9. The lowest BCUT2D eigenvalue weighted by atomic mass is 10.0. The summed E-state index contributed by atoms with van der Waals surface area (Å²) in [4.78, 5) is 15.8. The summed E-state index contributed by atoms with van der Waals surface area (Å²) in [6.07, 6.45) is 2.31. The Morgan fingerprint density at radius 3 is 2.55 bits per heavy atom. The Hall–Kier alpha value is -2.04. The van der Waals surface area contributed by atoms with E-state index in [1.54, 1.807) is 12.1 Å². The lowest BCUT2D eigenvalue weighted by molar-refractivity contribution is 0.1000. The van der Waals surface area contributed by atoms with Crippen LogP contribution in [-0.2, 0) is 6.54 Å². The van der Waals surface area contributed by atoms with Crippen LogP contribution in [0.1, 0.15) is 49.5 Å². The van der Waals surface area contributed by atoms with Crippen LogP contribution in [0.25, 0.3) is 0 Å². The molecule has 0 aliphatic heterocycles. The molecule has 5 heteroatoms. The van der Waals surface area contributed by atoms with Crippen molar-refractivity contribution in [2.75, 3.05) is 13.1 Å². The number of amides is 1. The van der Waals surface area contributed by atoms with Crippen LogP contribution in [0.4, 0.5) is 0 Å². The van der Waals surface area contributed by atoms with Crippen LogP contribution in [0.5, 0.6) is 0 Å². The van der Waals surface area contributed by atoms with Crippen molar-refractivity contribution in [1.82, 2.24) is 10.6 Å². The van der Waals surface area contributed by atoms with Crippen LogP contribution in [-0.4, -0.2) is 25.0 Å². The maximum Gasteiger partial charge on any atom is 0.248 e. The topological polar surface area (TPSA) is 79.5 Å². The molecule has 4 N–H and O–H groups in total. The highest BCUT2D eigenvalue weighted by molar-refractivity contribution is 5.92. The maximum absolute atomic E-state index is 11.2. The van der Waals surface area contributed by atoms with Gasteiger partial charge in [-0.25, -0.2) is 4.99 Å². The largest absolute Gasteiger partial charge is 0.366 e. The summed E-state index contributed by atoms with van der Waals surface area (Å²) in [5, 5.41) is 6.62. The number of hydrogen-bond donors (Lipinski definition) is 3. The van der Waals surface area contributed by atoms with Crippen molar-refractivity contribution in [1.29, 1.82) is 0 Å². The van der Waals surface area contributed by atoms with E-state index in [0.29, 0.717) is 18.0 Å². The van der Waals surface area contributed by atoms with Crippen LogP contribution in [0.15, 0.2) is 29.3 Å². The fourth-order valence-electron chi connectivity index (χ4n) is 2.15. The van der Waals surface area contributed by atoms with Gasteiger partial charge in [0.15, 0.2) is 5.96 Å². The molecule has 0 aliphatic carbocycles. The first-order valence-corrected chi connectivity index (χ1v) is 8.01. The van der Waals surface area contributed by atoms with Crippen molar-refractivity contribution in [3.8, 4) is 0 Å². The number of guanidine groups is 1. The highest BCUT2D eigenvalue weighted by Gasteiger charge is 2.05. The zero-order chi connectivity index (χ0) is 16.4. The number of rotatable bonds is 8. The number of hydrogen-bond acceptors (Lipinski definition) is 2. The smallest absolute Gasteiger partial charge is 0.248 e. The molecule has 0 bridgehead atoms. The lowest BCUT2D eigenvalue weighted by Gasteiger charge is -2.16. The van der Waals surface area contributed by atoms with Crippen molar-refractivity contribution in [2.24, 2.45) is 16.6 Å². The number of benzene rings is 1. The molecule has 1 rings (SSSR count). The molecular weight excluding hydrogens is 276 g/mol. The second-order valence-corrected chi connectivity index (χ2v) is 5.32. The summed E-state index contributed by atoms with van der Waals surface area (Å²) in [5.74, 6) is 1.05. The molecule has 0 atom stereocenters. The van der Waals surface area contributed by atoms with Gasteiger partial charge in [0.05, 0.1) is 6.54 Å². The van der Waals surface area contributed by atoms with Crippen LogP contribution >= 0.6 is 0 Å². The van der Waals surface area contributed by atoms with Gasteiger partial charge >= 0.3 is 0 Å². The van der Waals surface area contributed by atoms with Crippen molar-refractivity contribution in [2.45, 2.75) is 40.2 Å². The fourth-order valence-corrected chi connectivity index (χ4v) is 2.15. The molecule has 1 amide bonds. The van der Waals surface area contributed by atoms with Crippen LogP contribution in [0.2, 0.25) is 0 Å². The Kier molecular flexibility index (Phi) is 8.04. The number of nitrogens with one attached hydrogen (secondary N) is 2. The third-order valence-electron chi connectivity index (χ3n) is 3.69. The van der Waals surface area contributed by atoms with E-state index >= 15 is 0 Å². The molecule has 0 radical (unpaired) electrons. The van der Waals surface area contributed by atoms with E-state index in [9.17, 15) is 4.79 Å². The average molecular weight is 304 g/mol. The number of carbonyl (C=O) groups is 1. The van der Waals surface area contributed by atoms with E-state index in [0.717, 1.165) is 37.5 Å². The molecule has 1 aromatic rings. The molecule has 0 aromatic heterocycles. The third-order valence-corrected chi connectivity index (χ3v) is 3.69. The van der Waals surface area contributed by atoms with Crippen LogP contribution < -0.4 is 16.4 Å². The van der Waals surface area contributed by atoms with Gasteiger partial charge in [-0.3, -0.25) is 4.79 Å². The molecule has 0 aliphatic rings. The van der Waals surface area contributed by atoms with Gasteiger partial charge < -0.3 is 16.4 Å². The normalized spacial score (nSPS) is 11.5. The minimum atomic E-state index is -0.412. The van der Waals surface area contributed by atoms with Gasteiger partial charge in [0, 0.05) is 18.7 Å². The van der Waals surface area contributed by atoms with E-state index in [2.05, 4.69) is 29.5 Å². The highest BCUT2D eigenvalue weighted by Crippen LogP contribution is 2.07. The molecule has 5 nitrogen and oxygen atoms in total. The number of aliphatic imine (C=N–C) groups is 1. The van der Waals surface area contributed by atoms with Crippen LogP contribution in [0, 0.1) is 5.92 Å². The molecule has 22 heavy (non-hydrogen) atoms. The van der Waals surface area contributed by atoms with E-state index in [-0.39, 0.29) is 0 Å². The van der Waals surface area contributed by atoms with Crippen molar-refractivity contribution in [3.05, 3.63) is 35.4 Å². The first-order valence-electron chi connectivity index (χ1n) is 8.01. The Balaban J connectivity index is 2.68. The van der Waals surface area contributed by atoms with Crippen molar-refractivity contribution in [3.63, 3.8) is 0 Å². The molecule has 0 unspecified atom stereocenters. The second kappa shape index (κ2) is 9.82. The SMILES string of the molecule is CCNC(=NCc1cccc(C(N)=O)c1)NCC(CC)CC. The summed E-state index contributed by atoms with van der Waals surface area (Å²) in [7, 11) is 0. The molecule has 0 saturated heterocycles. The monoisotopic (exact) mass is 304 g/mol. The lowest BCUT2D eigenvalue weighted by Crippen LogP contribution is -2.39. The predicted octanol–water partition coefficient (Wildman–Crippen LogP) is 2.28. The fraction of sp³-hybridized carbons (Fsp3) is 0.529. The summed E-state index contributed by atoms with van der Waals surface area (Å²) < 4.78 is 0. The van der Waals surface area contributed by atoms with Gasteiger partial charge in [0.1, 0.15) is 0 Å². The molecule has 122 valence electrons. The summed E-state index contributed by atoms with van der Waals surface area (Å²) in [6, 6.07) is 7.28. The molecule has 0 spiro atoms. The molecule has 0 saturated carbocycles. The number of nitrogens with zero attached hydrogens (tertiary/aromatic N) is 1. The summed E-state index contributed by atoms with van der Waals surface area (Å²) >= 11 is 0. The highest BCUT2D eigenvalue weighted by atomic mass is 16.1. The van der Waals surface area contributed by atoms with Gasteiger partial charge in [-0.1, -0.05) is 38.8 Å². The molecular formula is C17H28N4O. The third kappa shape index (κ3) is 6.16. The van der Waals surface area contributed by atoms with E-state index in [4.69, 9.17) is 5.73 Å². The maximum atomic E-state index is 11.2. The predicted molar refractivity (Wildman–Crippen MR) is 91.9 cm³/mol. The zero-order valence-electron chi connectivity index (χ0n) is 13.9. The van der Waals surface area contributed by atoms with Crippen molar-refractivity contribution < 1.29 is 4.79 Å². The van der Waals surface area contributed by atoms with Gasteiger partial charge in [0.2, 0.25) is 5.91 Å². The Bertz CT molecular complexity index is 495. The van der Waals surface area contributed by atoms with E-state index in [1.807, 2.05) is 19.1 Å². The molecule has 1 aromatic carbocycles. The minimum absolute atomic E-state index is 0.412. The first kappa shape index (κ1) is 18.0. The average Bonchev–Trinajstić information content (AvgIpc) is 2.53. The van der Waals surface area contributed by atoms with Gasteiger partial charge in [-0.2, -0.15) is 0 Å². The Morgan fingerprint density at radius 2 is 1.95 bits per heavy atom. The molecule has 0 heterocycles. The van der Waals surface area contributed by atoms with Gasteiger partial charge in [0.25, 0.3) is 0 Å². The Labute approximate surface area is 133 Å². The number of nitrogens with two attached hydrogens (primary N) is 1. The Morgan fingerprint density at radius 1 is 1.23 bits per heavy atom. The van der Waals surface area contributed by atoms with E-state index in [1.165, 1.54) is 0 Å².